The summed E-state index contributed by atoms with van der Waals surface area (Å²) in [6.07, 6.45) is 4.97. The molecule has 3 aromatic carbocycles. The molecule has 0 bridgehead atoms. The first-order valence-corrected chi connectivity index (χ1v) is 9.93. The second-order valence-corrected chi connectivity index (χ2v) is 7.18. The number of non-ortho nitro benzene ring substituents is 1. The minimum Gasteiger partial charge on any atom is -0.361 e. The zero-order valence-corrected chi connectivity index (χ0v) is 16.7. The molecule has 0 fully saturated rings. The van der Waals surface area contributed by atoms with Crippen LogP contribution in [0.3, 0.4) is 0 Å². The van der Waals surface area contributed by atoms with E-state index in [1.54, 1.807) is 18.2 Å². The minimum absolute atomic E-state index is 0.00830. The highest BCUT2D eigenvalue weighted by Crippen LogP contribution is 2.30. The van der Waals surface area contributed by atoms with E-state index in [2.05, 4.69) is 28.5 Å². The molecular weight excluding hydrogens is 390 g/mol. The Bertz CT molecular complexity index is 1250. The molecule has 1 aromatic heterocycles. The van der Waals surface area contributed by atoms with Crippen molar-refractivity contribution in [3.63, 3.8) is 0 Å². The Morgan fingerprint density at radius 2 is 1.81 bits per heavy atom. The van der Waals surface area contributed by atoms with Crippen LogP contribution in [-0.4, -0.2) is 22.4 Å². The van der Waals surface area contributed by atoms with Crippen LogP contribution >= 0.6 is 0 Å². The van der Waals surface area contributed by atoms with E-state index in [9.17, 15) is 14.9 Å². The topological polar surface area (TPSA) is 88.0 Å². The van der Waals surface area contributed by atoms with Crippen LogP contribution in [0.15, 0.2) is 91.1 Å². The smallest absolute Gasteiger partial charge is 0.270 e. The third-order valence-corrected chi connectivity index (χ3v) is 5.19. The van der Waals surface area contributed by atoms with Crippen LogP contribution in [-0.2, 0) is 4.79 Å². The van der Waals surface area contributed by atoms with Crippen LogP contribution in [0, 0.1) is 10.1 Å². The van der Waals surface area contributed by atoms with Crippen molar-refractivity contribution in [2.75, 3.05) is 6.54 Å². The van der Waals surface area contributed by atoms with Gasteiger partial charge in [-0.05, 0) is 28.8 Å². The molecule has 0 aliphatic rings. The third kappa shape index (κ3) is 4.70. The molecular formula is C25H21N3O3. The summed E-state index contributed by atoms with van der Waals surface area (Å²) in [6.45, 7) is 0.421. The van der Waals surface area contributed by atoms with Gasteiger partial charge in [-0.2, -0.15) is 0 Å². The summed E-state index contributed by atoms with van der Waals surface area (Å²) < 4.78 is 0. The van der Waals surface area contributed by atoms with Crippen molar-refractivity contribution < 1.29 is 9.72 Å². The fourth-order valence-corrected chi connectivity index (χ4v) is 3.65. The normalized spacial score (nSPS) is 12.1. The Balaban J connectivity index is 1.52. The molecule has 4 aromatic rings. The first-order valence-electron chi connectivity index (χ1n) is 9.93. The Labute approximate surface area is 179 Å². The van der Waals surface area contributed by atoms with Gasteiger partial charge >= 0.3 is 0 Å². The number of rotatable bonds is 7. The van der Waals surface area contributed by atoms with Gasteiger partial charge < -0.3 is 10.3 Å². The fourth-order valence-electron chi connectivity index (χ4n) is 3.65. The van der Waals surface area contributed by atoms with Gasteiger partial charge in [0.1, 0.15) is 0 Å². The van der Waals surface area contributed by atoms with Gasteiger partial charge in [-0.1, -0.05) is 60.7 Å². The predicted molar refractivity (Wildman–Crippen MR) is 122 cm³/mol. The van der Waals surface area contributed by atoms with E-state index in [1.165, 1.54) is 18.2 Å². The number of nitrogens with one attached hydrogen (secondary N) is 2. The van der Waals surface area contributed by atoms with Crippen molar-refractivity contribution in [1.82, 2.24) is 10.3 Å². The van der Waals surface area contributed by atoms with Crippen LogP contribution in [0.2, 0.25) is 0 Å². The number of aromatic amines is 1. The number of amides is 1. The Hall–Kier alpha value is -4.19. The highest BCUT2D eigenvalue weighted by atomic mass is 16.6. The van der Waals surface area contributed by atoms with Gasteiger partial charge in [0.25, 0.3) is 5.69 Å². The lowest BCUT2D eigenvalue weighted by Gasteiger charge is -2.17. The van der Waals surface area contributed by atoms with Crippen molar-refractivity contribution in [1.29, 1.82) is 0 Å². The molecule has 0 saturated heterocycles. The highest BCUT2D eigenvalue weighted by molar-refractivity contribution is 5.92. The van der Waals surface area contributed by atoms with Crippen LogP contribution in [0.1, 0.15) is 22.6 Å². The number of benzene rings is 3. The number of nitro groups is 1. The second-order valence-electron chi connectivity index (χ2n) is 7.18. The summed E-state index contributed by atoms with van der Waals surface area (Å²) in [5, 5.41) is 15.0. The summed E-state index contributed by atoms with van der Waals surface area (Å²) in [6, 6.07) is 24.3. The van der Waals surface area contributed by atoms with E-state index < -0.39 is 4.92 Å². The summed E-state index contributed by atoms with van der Waals surface area (Å²) in [5.74, 6) is -0.278. The monoisotopic (exact) mass is 411 g/mol. The molecule has 2 N–H and O–H groups in total. The average molecular weight is 411 g/mol. The Kier molecular flexibility index (Phi) is 5.89. The maximum Gasteiger partial charge on any atom is 0.270 e. The maximum absolute atomic E-state index is 12.5. The number of H-pyrrole nitrogens is 1. The van der Waals surface area contributed by atoms with E-state index in [-0.39, 0.29) is 17.5 Å². The van der Waals surface area contributed by atoms with Crippen molar-refractivity contribution in [2.24, 2.45) is 0 Å². The molecule has 0 aliphatic heterocycles. The molecule has 0 aliphatic carbocycles. The van der Waals surface area contributed by atoms with E-state index in [1.807, 2.05) is 42.6 Å². The lowest BCUT2D eigenvalue weighted by molar-refractivity contribution is -0.384. The van der Waals surface area contributed by atoms with Crippen LogP contribution in [0.25, 0.3) is 17.0 Å². The number of hydrogen-bond donors (Lipinski definition) is 2. The van der Waals surface area contributed by atoms with Gasteiger partial charge in [0.15, 0.2) is 0 Å². The first kappa shape index (κ1) is 20.1. The SMILES string of the molecule is O=C(/C=C/c1cccc([N+](=O)[O-])c1)NC[C@H](c1ccccc1)c1c[nH]c2ccccc12. The van der Waals surface area contributed by atoms with E-state index in [0.717, 1.165) is 22.0 Å². The van der Waals surface area contributed by atoms with Gasteiger partial charge in [-0.25, -0.2) is 0 Å². The standard InChI is InChI=1S/C25H21N3O3/c29-25(14-13-18-7-6-10-20(15-18)28(30)31)27-16-22(19-8-2-1-3-9-19)23-17-26-24-12-5-4-11-21(23)24/h1-15,17,22,26H,16H2,(H,27,29)/b14-13+/t22-/m1/s1. The van der Waals surface area contributed by atoms with Gasteiger partial charge in [0.05, 0.1) is 4.92 Å². The molecule has 4 rings (SSSR count). The molecule has 1 atom stereocenters. The molecule has 6 nitrogen and oxygen atoms in total. The predicted octanol–water partition coefficient (Wildman–Crippen LogP) is 5.04. The van der Waals surface area contributed by atoms with Gasteiger partial charge in [0, 0.05) is 47.8 Å². The molecule has 1 amide bonds. The molecule has 0 spiro atoms. The molecule has 1 heterocycles. The van der Waals surface area contributed by atoms with E-state index >= 15 is 0 Å². The molecule has 6 heteroatoms. The van der Waals surface area contributed by atoms with Crippen LogP contribution in [0.5, 0.6) is 0 Å². The number of fused-ring (bicyclic) bond motifs is 1. The second kappa shape index (κ2) is 9.09. The number of nitro benzene ring substituents is 1. The van der Waals surface area contributed by atoms with E-state index in [4.69, 9.17) is 0 Å². The number of hydrogen-bond acceptors (Lipinski definition) is 3. The zero-order valence-electron chi connectivity index (χ0n) is 16.7. The fraction of sp³-hybridized carbons (Fsp3) is 0.0800. The Morgan fingerprint density at radius 1 is 1.03 bits per heavy atom. The summed E-state index contributed by atoms with van der Waals surface area (Å²) in [4.78, 5) is 26.2. The number of carbonyl (C=O) groups excluding carboxylic acids is 1. The molecule has 31 heavy (non-hydrogen) atoms. The first-order chi connectivity index (χ1) is 15.1. The number of para-hydroxylation sites is 1. The molecule has 0 saturated carbocycles. The number of carbonyl (C=O) groups is 1. The van der Waals surface area contributed by atoms with Gasteiger partial charge in [-0.15, -0.1) is 0 Å². The van der Waals surface area contributed by atoms with E-state index in [0.29, 0.717) is 12.1 Å². The van der Waals surface area contributed by atoms with Crippen molar-refractivity contribution >= 4 is 28.6 Å². The summed E-state index contributed by atoms with van der Waals surface area (Å²) >= 11 is 0. The van der Waals surface area contributed by atoms with Crippen molar-refractivity contribution in [3.05, 3.63) is 118 Å². The Morgan fingerprint density at radius 3 is 2.61 bits per heavy atom. The summed E-state index contributed by atoms with van der Waals surface area (Å²) in [7, 11) is 0. The lowest BCUT2D eigenvalue weighted by atomic mass is 9.91. The molecule has 0 radical (unpaired) electrons. The summed E-state index contributed by atoms with van der Waals surface area (Å²) in [5.41, 5.74) is 3.86. The van der Waals surface area contributed by atoms with Gasteiger partial charge in [0.2, 0.25) is 5.91 Å². The minimum atomic E-state index is -0.455. The quantitative estimate of drug-likeness (QED) is 0.254. The maximum atomic E-state index is 12.5. The molecule has 0 unspecified atom stereocenters. The number of nitrogens with zero attached hydrogens (tertiary/aromatic N) is 1. The van der Waals surface area contributed by atoms with Gasteiger partial charge in [-0.3, -0.25) is 14.9 Å². The van der Waals surface area contributed by atoms with Crippen molar-refractivity contribution in [3.8, 4) is 0 Å². The van der Waals surface area contributed by atoms with Crippen molar-refractivity contribution in [2.45, 2.75) is 5.92 Å². The van der Waals surface area contributed by atoms with Crippen LogP contribution < -0.4 is 5.32 Å². The average Bonchev–Trinajstić information content (AvgIpc) is 3.23. The largest absolute Gasteiger partial charge is 0.361 e. The zero-order chi connectivity index (χ0) is 21.6. The lowest BCUT2D eigenvalue weighted by Crippen LogP contribution is -2.27. The highest BCUT2D eigenvalue weighted by Gasteiger charge is 2.18. The molecule has 154 valence electrons. The third-order valence-electron chi connectivity index (χ3n) is 5.19. The van der Waals surface area contributed by atoms with Crippen LogP contribution in [0.4, 0.5) is 5.69 Å². The number of aromatic nitrogens is 1.